The molecule has 0 radical (unpaired) electrons. The van der Waals surface area contributed by atoms with Gasteiger partial charge in [0.25, 0.3) is 0 Å². The molecule has 2 aliphatic carbocycles. The van der Waals surface area contributed by atoms with E-state index in [1.165, 1.54) is 276 Å². The Labute approximate surface area is 654 Å². The van der Waals surface area contributed by atoms with Gasteiger partial charge in [0, 0.05) is 44.0 Å². The van der Waals surface area contributed by atoms with Gasteiger partial charge in [0.2, 0.25) is 9.84 Å². The van der Waals surface area contributed by atoms with Crippen LogP contribution in [-0.2, 0) is 40.9 Å². The molecule has 0 atom stereocenters. The highest BCUT2D eigenvalue weighted by Crippen LogP contribution is 2.65. The SMILES string of the molecule is CCCCCCCCc1ccc2c(c1)c1cc(CCCCCCCC)ccc1n2-c1ccc2c(c1)C1(c3cc(-c4ccccc4)ccc3-c3ccc(-c4ccc5c(c4)S(=O)(=O)c4cc(-c6ccccc6)ccc4-5)cc31)c1cc(-n3c4ccc(CCCCCCCC)cc4c4cc(CCCCCCCC)ccc43)ccc1-2. The number of aryl methyl sites for hydroxylation is 4. The average molecular weight is 1460 g/mol. The molecule has 0 saturated carbocycles. The number of sulfone groups is 1. The molecule has 2 aromatic heterocycles. The van der Waals surface area contributed by atoms with Gasteiger partial charge in [0.1, 0.15) is 0 Å². The van der Waals surface area contributed by atoms with E-state index in [1.807, 2.05) is 48.5 Å². The van der Waals surface area contributed by atoms with Crippen LogP contribution in [-0.4, -0.2) is 17.6 Å². The fourth-order valence-electron chi connectivity index (χ4n) is 19.4. The maximum Gasteiger partial charge on any atom is 0.207 e. The molecule has 3 aliphatic rings. The van der Waals surface area contributed by atoms with Crippen molar-refractivity contribution in [1.82, 2.24) is 9.13 Å². The van der Waals surface area contributed by atoms with Gasteiger partial charge in [0.05, 0.1) is 37.3 Å². The first-order valence-corrected chi connectivity index (χ1v) is 44.0. The predicted octanol–water partition coefficient (Wildman–Crippen LogP) is 29.7. The molecule has 3 heterocycles. The lowest BCUT2D eigenvalue weighted by Crippen LogP contribution is -2.26. The smallest absolute Gasteiger partial charge is 0.207 e. The summed E-state index contributed by atoms with van der Waals surface area (Å²) in [4.78, 5) is 0.725. The summed E-state index contributed by atoms with van der Waals surface area (Å²) in [7, 11) is -3.88. The third-order valence-electron chi connectivity index (χ3n) is 25.2. The summed E-state index contributed by atoms with van der Waals surface area (Å²) in [5.74, 6) is 0. The third-order valence-corrected chi connectivity index (χ3v) is 27.0. The maximum absolute atomic E-state index is 15.2. The van der Waals surface area contributed by atoms with Gasteiger partial charge >= 0.3 is 0 Å². The lowest BCUT2D eigenvalue weighted by molar-refractivity contribution is 0.598. The summed E-state index contributed by atoms with van der Waals surface area (Å²) in [6.45, 7) is 9.23. The van der Waals surface area contributed by atoms with Crippen molar-refractivity contribution in [3.05, 3.63) is 287 Å². The molecular formula is C105H108N2O2S. The molecule has 0 unspecified atom stereocenters. The molecule has 0 bridgehead atoms. The van der Waals surface area contributed by atoms with E-state index in [0.717, 1.165) is 70.4 Å². The molecule has 12 aromatic carbocycles. The molecule has 0 saturated heterocycles. The molecule has 5 heteroatoms. The number of hydrogen-bond acceptors (Lipinski definition) is 2. The molecule has 0 amide bonds. The first kappa shape index (κ1) is 73.0. The molecule has 110 heavy (non-hydrogen) atoms. The molecule has 0 fully saturated rings. The number of fused-ring (bicyclic) bond motifs is 19. The zero-order valence-electron chi connectivity index (χ0n) is 65.5. The summed E-state index contributed by atoms with van der Waals surface area (Å²) in [6.07, 6.45) is 35.0. The van der Waals surface area contributed by atoms with Crippen molar-refractivity contribution < 1.29 is 8.42 Å². The zero-order chi connectivity index (χ0) is 74.7. The summed E-state index contributed by atoms with van der Waals surface area (Å²) in [5.41, 5.74) is 29.4. The van der Waals surface area contributed by atoms with Gasteiger partial charge in [-0.15, -0.1) is 0 Å². The van der Waals surface area contributed by atoms with Crippen molar-refractivity contribution in [3.8, 4) is 78.1 Å². The van der Waals surface area contributed by atoms with Crippen LogP contribution in [0.2, 0.25) is 0 Å². The quantitative estimate of drug-likeness (QED) is 0.0385. The van der Waals surface area contributed by atoms with Gasteiger partial charge in [-0.25, -0.2) is 8.42 Å². The topological polar surface area (TPSA) is 44.0 Å². The highest BCUT2D eigenvalue weighted by atomic mass is 32.2. The van der Waals surface area contributed by atoms with E-state index in [1.54, 1.807) is 0 Å². The van der Waals surface area contributed by atoms with Gasteiger partial charge in [-0.3, -0.25) is 0 Å². The van der Waals surface area contributed by atoms with Crippen molar-refractivity contribution in [2.75, 3.05) is 0 Å². The largest absolute Gasteiger partial charge is 0.309 e. The Kier molecular flexibility index (Phi) is 21.4. The van der Waals surface area contributed by atoms with E-state index in [9.17, 15) is 0 Å². The normalized spacial score (nSPS) is 13.4. The Morgan fingerprint density at radius 3 is 0.855 bits per heavy atom. The highest BCUT2D eigenvalue weighted by molar-refractivity contribution is 7.92. The van der Waals surface area contributed by atoms with Gasteiger partial charge in [-0.1, -0.05) is 302 Å². The first-order valence-electron chi connectivity index (χ1n) is 42.5. The van der Waals surface area contributed by atoms with E-state index in [2.05, 4.69) is 231 Å². The number of hydrogen-bond donors (Lipinski definition) is 0. The Hall–Kier alpha value is -9.81. The fourth-order valence-corrected chi connectivity index (χ4v) is 21.1. The first-order chi connectivity index (χ1) is 54.2. The van der Waals surface area contributed by atoms with Crippen molar-refractivity contribution in [2.24, 2.45) is 0 Å². The lowest BCUT2D eigenvalue weighted by atomic mass is 9.69. The minimum atomic E-state index is -3.88. The van der Waals surface area contributed by atoms with Crippen molar-refractivity contribution in [2.45, 2.75) is 223 Å². The van der Waals surface area contributed by atoms with Crippen molar-refractivity contribution in [1.29, 1.82) is 0 Å². The average Bonchev–Trinajstić information content (AvgIpc) is 1.50. The number of rotatable bonds is 33. The second-order valence-corrected chi connectivity index (χ2v) is 34.4. The van der Waals surface area contributed by atoms with Crippen LogP contribution >= 0.6 is 0 Å². The second kappa shape index (κ2) is 32.3. The van der Waals surface area contributed by atoms with Crippen LogP contribution in [0, 0.1) is 0 Å². The predicted molar refractivity (Wildman–Crippen MR) is 467 cm³/mol. The highest BCUT2D eigenvalue weighted by Gasteiger charge is 2.53. The molecule has 14 aromatic rings. The molecular weight excluding hydrogens is 1350 g/mol. The number of nitrogens with zero attached hydrogens (tertiary/aromatic N) is 2. The zero-order valence-corrected chi connectivity index (χ0v) is 66.3. The van der Waals surface area contributed by atoms with Crippen LogP contribution in [0.3, 0.4) is 0 Å². The fraction of sp³-hybridized carbons (Fsp3) is 0.314. The van der Waals surface area contributed by atoms with Gasteiger partial charge in [-0.2, -0.15) is 0 Å². The van der Waals surface area contributed by atoms with Crippen LogP contribution in [0.4, 0.5) is 0 Å². The lowest BCUT2D eigenvalue weighted by Gasteiger charge is -2.32. The van der Waals surface area contributed by atoms with Gasteiger partial charge in [0.15, 0.2) is 0 Å². The standard InChI is InChI=1S/C105H108N2O2S/c1-5-9-13-17-21-27-35-73-43-59-99-91(63-73)92-64-74(36-28-22-18-14-10-6-2)44-60-100(92)106(99)83-51-57-87-88-58-52-84(107-101-61-45-75(37-29-23-19-15-11-7-3)65-93(101)94-66-76(46-62-102(94)107)38-30-24-20-16-12-8-4)72-98(88)105(97(87)71-83)95-67-79(77-39-31-25-32-40-77)47-53-85(95)86-54-48-80(68-96(86)105)82-50-56-90-89-55-49-81(78-41-33-26-34-42-78)69-103(89)110(108,109)104(90)70-82/h25-26,31-34,39-72H,5-24,27-30,35-38H2,1-4H3. The Balaban J connectivity index is 0.869. The molecule has 556 valence electrons. The molecule has 1 spiro atoms. The molecule has 0 N–H and O–H groups in total. The number of benzene rings is 12. The van der Waals surface area contributed by atoms with Crippen LogP contribution < -0.4 is 0 Å². The Bertz CT molecular complexity index is 5480. The summed E-state index contributed by atoms with van der Waals surface area (Å²) < 4.78 is 35.6. The van der Waals surface area contributed by atoms with Gasteiger partial charge < -0.3 is 9.13 Å². The third kappa shape index (κ3) is 13.7. The number of aromatic nitrogens is 2. The summed E-state index contributed by atoms with van der Waals surface area (Å²) in [6, 6.07) is 92.1. The Morgan fingerprint density at radius 1 is 0.245 bits per heavy atom. The second-order valence-electron chi connectivity index (χ2n) is 32.5. The summed E-state index contributed by atoms with van der Waals surface area (Å²) in [5, 5.41) is 5.32. The van der Waals surface area contributed by atoms with Crippen LogP contribution in [0.15, 0.2) is 252 Å². The van der Waals surface area contributed by atoms with E-state index in [0.29, 0.717) is 9.79 Å². The maximum atomic E-state index is 15.2. The van der Waals surface area contributed by atoms with Crippen LogP contribution in [0.25, 0.3) is 122 Å². The Morgan fingerprint density at radius 2 is 0.518 bits per heavy atom. The summed E-state index contributed by atoms with van der Waals surface area (Å²) >= 11 is 0. The van der Waals surface area contributed by atoms with Crippen LogP contribution in [0.1, 0.15) is 226 Å². The molecule has 4 nitrogen and oxygen atoms in total. The minimum absolute atomic E-state index is 0.359. The van der Waals surface area contributed by atoms with Crippen molar-refractivity contribution in [3.63, 3.8) is 0 Å². The molecule has 1 aliphatic heterocycles. The van der Waals surface area contributed by atoms with E-state index in [-0.39, 0.29) is 0 Å². The molecule has 17 rings (SSSR count). The van der Waals surface area contributed by atoms with E-state index in [4.69, 9.17) is 0 Å². The minimum Gasteiger partial charge on any atom is -0.309 e. The van der Waals surface area contributed by atoms with E-state index >= 15 is 8.42 Å². The van der Waals surface area contributed by atoms with Crippen molar-refractivity contribution >= 4 is 53.4 Å². The van der Waals surface area contributed by atoms with Gasteiger partial charge in [-0.05, 0) is 249 Å². The monoisotopic (exact) mass is 1460 g/mol. The van der Waals surface area contributed by atoms with Crippen LogP contribution in [0.5, 0.6) is 0 Å². The van der Waals surface area contributed by atoms with E-state index < -0.39 is 15.3 Å². The number of unbranched alkanes of at least 4 members (excludes halogenated alkanes) is 20.